The van der Waals surface area contributed by atoms with E-state index in [0.717, 1.165) is 18.2 Å². The van der Waals surface area contributed by atoms with Gasteiger partial charge in [0.2, 0.25) is 0 Å². The summed E-state index contributed by atoms with van der Waals surface area (Å²) in [5.41, 5.74) is -0.104. The van der Waals surface area contributed by atoms with Gasteiger partial charge in [-0.3, -0.25) is 4.68 Å². The summed E-state index contributed by atoms with van der Waals surface area (Å²) in [7, 11) is 2.00. The van der Waals surface area contributed by atoms with Crippen molar-refractivity contribution in [2.24, 2.45) is 7.05 Å². The predicted molar refractivity (Wildman–Crippen MR) is 68.9 cm³/mol. The Balaban J connectivity index is 2.23. The van der Waals surface area contributed by atoms with E-state index in [-0.39, 0.29) is 5.54 Å². The van der Waals surface area contributed by atoms with Crippen molar-refractivity contribution in [1.82, 2.24) is 20.1 Å². The fourth-order valence-electron chi connectivity index (χ4n) is 2.83. The smallest absolute Gasteiger partial charge is 0.154 e. The molecule has 0 radical (unpaired) electrons. The molecule has 0 bridgehead atoms. The number of rotatable bonds is 4. The number of nitrogens with one attached hydrogen (secondary N) is 1. The highest BCUT2D eigenvalue weighted by Gasteiger charge is 2.28. The third-order valence-electron chi connectivity index (χ3n) is 3.68. The van der Waals surface area contributed by atoms with Crippen LogP contribution in [0.25, 0.3) is 0 Å². The van der Waals surface area contributed by atoms with Gasteiger partial charge in [0.25, 0.3) is 0 Å². The molecule has 0 atom stereocenters. The molecular weight excluding hydrogens is 212 g/mol. The van der Waals surface area contributed by atoms with Crippen molar-refractivity contribution < 1.29 is 0 Å². The van der Waals surface area contributed by atoms with Crippen LogP contribution in [0.5, 0.6) is 0 Å². The van der Waals surface area contributed by atoms with E-state index in [4.69, 9.17) is 4.98 Å². The fraction of sp³-hybridized carbons (Fsp3) is 0.846. The van der Waals surface area contributed by atoms with Crippen LogP contribution < -0.4 is 5.32 Å². The molecule has 1 aromatic rings. The fourth-order valence-corrected chi connectivity index (χ4v) is 2.83. The number of hydrogen-bond acceptors (Lipinski definition) is 3. The van der Waals surface area contributed by atoms with E-state index in [1.165, 1.54) is 25.7 Å². The van der Waals surface area contributed by atoms with E-state index < -0.39 is 0 Å². The lowest BCUT2D eigenvalue weighted by atomic mass is 10.0. The Kier molecular flexibility index (Phi) is 3.52. The van der Waals surface area contributed by atoms with Crippen molar-refractivity contribution >= 4 is 0 Å². The summed E-state index contributed by atoms with van der Waals surface area (Å²) in [6.45, 7) is 7.40. The van der Waals surface area contributed by atoms with Crippen molar-refractivity contribution in [3.05, 3.63) is 11.6 Å². The van der Waals surface area contributed by atoms with Gasteiger partial charge in [0.05, 0.1) is 5.54 Å². The van der Waals surface area contributed by atoms with Gasteiger partial charge >= 0.3 is 0 Å². The number of nitrogens with zero attached hydrogens (tertiary/aromatic N) is 3. The zero-order chi connectivity index (χ0) is 12.5. The average molecular weight is 236 g/mol. The van der Waals surface area contributed by atoms with E-state index in [0.29, 0.717) is 5.92 Å². The summed E-state index contributed by atoms with van der Waals surface area (Å²) < 4.78 is 1.94. The van der Waals surface area contributed by atoms with Crippen LogP contribution in [0.3, 0.4) is 0 Å². The molecule has 0 amide bonds. The van der Waals surface area contributed by atoms with Gasteiger partial charge in [-0.05, 0) is 33.2 Å². The largest absolute Gasteiger partial charge is 0.306 e. The molecule has 96 valence electrons. The maximum Gasteiger partial charge on any atom is 0.154 e. The summed E-state index contributed by atoms with van der Waals surface area (Å²) in [4.78, 5) is 4.77. The van der Waals surface area contributed by atoms with Crippen molar-refractivity contribution in [3.63, 3.8) is 0 Å². The zero-order valence-corrected chi connectivity index (χ0v) is 11.5. The third kappa shape index (κ3) is 2.51. The van der Waals surface area contributed by atoms with Gasteiger partial charge in [0.1, 0.15) is 5.82 Å². The normalized spacial score (nSPS) is 17.9. The van der Waals surface area contributed by atoms with E-state index in [9.17, 15) is 0 Å². The predicted octanol–water partition coefficient (Wildman–Crippen LogP) is 2.32. The molecule has 2 rings (SSSR count). The Morgan fingerprint density at radius 1 is 1.35 bits per heavy atom. The first kappa shape index (κ1) is 12.6. The number of hydrogen-bond donors (Lipinski definition) is 1. The van der Waals surface area contributed by atoms with E-state index in [1.807, 2.05) is 11.7 Å². The standard InChI is InChI=1S/C13H24N4/c1-5-14-13(2,3)12-15-11(16-17(12)4)10-8-6-7-9-10/h10,14H,5-9H2,1-4H3. The highest BCUT2D eigenvalue weighted by Crippen LogP contribution is 2.33. The Bertz CT molecular complexity index is 375. The topological polar surface area (TPSA) is 42.7 Å². The maximum atomic E-state index is 4.77. The lowest BCUT2D eigenvalue weighted by Crippen LogP contribution is -2.38. The minimum atomic E-state index is -0.104. The summed E-state index contributed by atoms with van der Waals surface area (Å²) in [6.07, 6.45) is 5.17. The van der Waals surface area contributed by atoms with Crippen LogP contribution in [0.4, 0.5) is 0 Å². The molecule has 0 saturated heterocycles. The van der Waals surface area contributed by atoms with Gasteiger partial charge in [-0.2, -0.15) is 5.10 Å². The Labute approximate surface area is 104 Å². The Morgan fingerprint density at radius 2 is 2.00 bits per heavy atom. The second-order valence-electron chi connectivity index (χ2n) is 5.55. The first-order chi connectivity index (χ1) is 8.04. The first-order valence-electron chi connectivity index (χ1n) is 6.71. The van der Waals surface area contributed by atoms with Crippen LogP contribution in [0.1, 0.15) is 64.0 Å². The molecule has 1 aliphatic carbocycles. The summed E-state index contributed by atoms with van der Waals surface area (Å²) in [5.74, 6) is 2.68. The summed E-state index contributed by atoms with van der Waals surface area (Å²) in [6, 6.07) is 0. The van der Waals surface area contributed by atoms with Crippen molar-refractivity contribution in [2.45, 2.75) is 57.9 Å². The van der Waals surface area contributed by atoms with Crippen LogP contribution in [0.2, 0.25) is 0 Å². The average Bonchev–Trinajstić information content (AvgIpc) is 2.85. The van der Waals surface area contributed by atoms with Gasteiger partial charge < -0.3 is 5.32 Å². The molecule has 17 heavy (non-hydrogen) atoms. The van der Waals surface area contributed by atoms with Gasteiger partial charge in [-0.15, -0.1) is 0 Å². The highest BCUT2D eigenvalue weighted by molar-refractivity contribution is 5.08. The van der Waals surface area contributed by atoms with Crippen molar-refractivity contribution in [1.29, 1.82) is 0 Å². The number of aromatic nitrogens is 3. The van der Waals surface area contributed by atoms with Crippen LogP contribution >= 0.6 is 0 Å². The van der Waals surface area contributed by atoms with Gasteiger partial charge in [-0.25, -0.2) is 4.98 Å². The van der Waals surface area contributed by atoms with Crippen molar-refractivity contribution in [2.75, 3.05) is 6.54 Å². The van der Waals surface area contributed by atoms with Crippen LogP contribution in [-0.2, 0) is 12.6 Å². The second-order valence-corrected chi connectivity index (χ2v) is 5.55. The lowest BCUT2D eigenvalue weighted by molar-refractivity contribution is 0.375. The molecular formula is C13H24N4. The zero-order valence-electron chi connectivity index (χ0n) is 11.5. The van der Waals surface area contributed by atoms with Crippen LogP contribution in [-0.4, -0.2) is 21.3 Å². The first-order valence-corrected chi connectivity index (χ1v) is 6.71. The maximum absolute atomic E-state index is 4.77. The molecule has 0 unspecified atom stereocenters. The highest BCUT2D eigenvalue weighted by atomic mass is 15.4. The van der Waals surface area contributed by atoms with Crippen molar-refractivity contribution in [3.8, 4) is 0 Å². The molecule has 0 aliphatic heterocycles. The van der Waals surface area contributed by atoms with E-state index in [2.05, 4.69) is 31.2 Å². The van der Waals surface area contributed by atoms with E-state index >= 15 is 0 Å². The second kappa shape index (κ2) is 4.77. The molecule has 1 heterocycles. The molecule has 1 aromatic heterocycles. The molecule has 0 spiro atoms. The molecule has 1 aliphatic rings. The molecule has 1 fully saturated rings. The minimum Gasteiger partial charge on any atom is -0.306 e. The molecule has 0 aromatic carbocycles. The quantitative estimate of drug-likeness (QED) is 0.872. The number of aryl methyl sites for hydroxylation is 1. The van der Waals surface area contributed by atoms with E-state index in [1.54, 1.807) is 0 Å². The third-order valence-corrected chi connectivity index (χ3v) is 3.68. The molecule has 4 heteroatoms. The van der Waals surface area contributed by atoms with Crippen LogP contribution in [0, 0.1) is 0 Å². The summed E-state index contributed by atoms with van der Waals surface area (Å²) >= 11 is 0. The SMILES string of the molecule is CCNC(C)(C)c1nc(C2CCCC2)nn1C. The Morgan fingerprint density at radius 3 is 2.59 bits per heavy atom. The molecule has 4 nitrogen and oxygen atoms in total. The van der Waals surface area contributed by atoms with Gasteiger partial charge in [-0.1, -0.05) is 19.8 Å². The van der Waals surface area contributed by atoms with Gasteiger partial charge in [0, 0.05) is 13.0 Å². The molecule has 1 saturated carbocycles. The lowest BCUT2D eigenvalue weighted by Gasteiger charge is -2.24. The monoisotopic (exact) mass is 236 g/mol. The molecule has 1 N–H and O–H groups in total. The minimum absolute atomic E-state index is 0.104. The summed E-state index contributed by atoms with van der Waals surface area (Å²) in [5, 5.41) is 8.07. The van der Waals surface area contributed by atoms with Crippen LogP contribution in [0.15, 0.2) is 0 Å². The Hall–Kier alpha value is -0.900. The van der Waals surface area contributed by atoms with Gasteiger partial charge in [0.15, 0.2) is 5.82 Å².